The molecule has 0 aliphatic rings. The number of urea groups is 1. The topological polar surface area (TPSA) is 77.0 Å². The van der Waals surface area contributed by atoms with Crippen LogP contribution < -0.4 is 16.0 Å². The van der Waals surface area contributed by atoms with Gasteiger partial charge in [-0.1, -0.05) is 26.7 Å². The number of amides is 2. The zero-order valence-corrected chi connectivity index (χ0v) is 9.65. The average molecular weight is 214 g/mol. The Kier molecular flexibility index (Phi) is 8.52. The standard InChI is InChI=1S/C10H22N4O/c1-3-5-7-12-9(11)14-10(15)13-8-6-4-2/h3-8H2,1-2H3,(H4,11,12,13,14,15). The third kappa shape index (κ3) is 9.05. The third-order valence-corrected chi connectivity index (χ3v) is 1.89. The van der Waals surface area contributed by atoms with E-state index in [9.17, 15) is 4.79 Å². The lowest BCUT2D eigenvalue weighted by atomic mass is 10.3. The summed E-state index contributed by atoms with van der Waals surface area (Å²) >= 11 is 0. The molecule has 0 aliphatic heterocycles. The molecule has 5 nitrogen and oxygen atoms in total. The number of hydrogen-bond donors (Lipinski definition) is 4. The Morgan fingerprint density at radius 1 is 1.07 bits per heavy atom. The molecule has 0 saturated heterocycles. The van der Waals surface area contributed by atoms with Crippen LogP contribution in [0.15, 0.2) is 0 Å². The summed E-state index contributed by atoms with van der Waals surface area (Å²) in [6.07, 6.45) is 4.08. The molecule has 0 aromatic rings. The minimum absolute atomic E-state index is 0.0671. The molecule has 0 rings (SSSR count). The zero-order valence-electron chi connectivity index (χ0n) is 9.65. The van der Waals surface area contributed by atoms with Crippen LogP contribution in [-0.4, -0.2) is 25.1 Å². The van der Waals surface area contributed by atoms with Gasteiger partial charge in [-0.15, -0.1) is 0 Å². The normalized spacial score (nSPS) is 9.47. The molecule has 0 bridgehead atoms. The highest BCUT2D eigenvalue weighted by Gasteiger charge is 2.01. The largest absolute Gasteiger partial charge is 0.356 e. The fourth-order valence-electron chi connectivity index (χ4n) is 0.971. The smallest absolute Gasteiger partial charge is 0.321 e. The second-order valence-electron chi connectivity index (χ2n) is 3.39. The SMILES string of the molecule is CCCCNC(=N)NC(=O)NCCCC. The maximum atomic E-state index is 11.2. The number of unbranched alkanes of at least 4 members (excludes halogenated alkanes) is 2. The van der Waals surface area contributed by atoms with Gasteiger partial charge >= 0.3 is 6.03 Å². The van der Waals surface area contributed by atoms with Gasteiger partial charge in [0.25, 0.3) is 0 Å². The summed E-state index contributed by atoms with van der Waals surface area (Å²) < 4.78 is 0. The molecule has 0 aliphatic carbocycles. The minimum Gasteiger partial charge on any atom is -0.356 e. The quantitative estimate of drug-likeness (QED) is 0.306. The van der Waals surface area contributed by atoms with Gasteiger partial charge in [0.05, 0.1) is 0 Å². The summed E-state index contributed by atoms with van der Waals surface area (Å²) in [5.74, 6) is 0.0671. The maximum Gasteiger partial charge on any atom is 0.321 e. The van der Waals surface area contributed by atoms with E-state index in [2.05, 4.69) is 29.8 Å². The van der Waals surface area contributed by atoms with Crippen LogP contribution in [-0.2, 0) is 0 Å². The van der Waals surface area contributed by atoms with E-state index in [1.807, 2.05) is 0 Å². The Labute approximate surface area is 91.5 Å². The van der Waals surface area contributed by atoms with Crippen molar-refractivity contribution in [3.63, 3.8) is 0 Å². The fraction of sp³-hybridized carbons (Fsp3) is 0.800. The Hall–Kier alpha value is -1.26. The van der Waals surface area contributed by atoms with E-state index >= 15 is 0 Å². The minimum atomic E-state index is -0.308. The van der Waals surface area contributed by atoms with Crippen molar-refractivity contribution in [1.82, 2.24) is 16.0 Å². The Balaban J connectivity index is 3.45. The number of hydrogen-bond acceptors (Lipinski definition) is 2. The van der Waals surface area contributed by atoms with Gasteiger partial charge in [-0.25, -0.2) is 4.79 Å². The summed E-state index contributed by atoms with van der Waals surface area (Å²) in [7, 11) is 0. The highest BCUT2D eigenvalue weighted by molar-refractivity contribution is 5.94. The Bertz CT molecular complexity index is 174. The van der Waals surface area contributed by atoms with Crippen LogP contribution in [0.3, 0.4) is 0 Å². The van der Waals surface area contributed by atoms with Gasteiger partial charge < -0.3 is 10.6 Å². The molecule has 15 heavy (non-hydrogen) atoms. The van der Waals surface area contributed by atoms with Gasteiger partial charge in [0, 0.05) is 13.1 Å². The van der Waals surface area contributed by atoms with Crippen molar-refractivity contribution in [1.29, 1.82) is 5.41 Å². The van der Waals surface area contributed by atoms with E-state index in [-0.39, 0.29) is 12.0 Å². The van der Waals surface area contributed by atoms with Crippen molar-refractivity contribution in [2.75, 3.05) is 13.1 Å². The lowest BCUT2D eigenvalue weighted by Crippen LogP contribution is -2.45. The lowest BCUT2D eigenvalue weighted by Gasteiger charge is -2.09. The summed E-state index contributed by atoms with van der Waals surface area (Å²) in [4.78, 5) is 11.2. The number of carbonyl (C=O) groups is 1. The van der Waals surface area contributed by atoms with Crippen molar-refractivity contribution in [3.05, 3.63) is 0 Å². The van der Waals surface area contributed by atoms with E-state index in [0.717, 1.165) is 32.2 Å². The first-order valence-corrected chi connectivity index (χ1v) is 5.58. The summed E-state index contributed by atoms with van der Waals surface area (Å²) in [6, 6.07) is -0.308. The first-order chi connectivity index (χ1) is 7.20. The molecule has 0 unspecified atom stereocenters. The molecule has 0 heterocycles. The molecule has 0 saturated carbocycles. The van der Waals surface area contributed by atoms with Gasteiger partial charge in [0.2, 0.25) is 0 Å². The highest BCUT2D eigenvalue weighted by atomic mass is 16.2. The molecule has 0 spiro atoms. The molecular weight excluding hydrogens is 192 g/mol. The van der Waals surface area contributed by atoms with Crippen LogP contribution in [0.5, 0.6) is 0 Å². The van der Waals surface area contributed by atoms with E-state index in [1.54, 1.807) is 0 Å². The van der Waals surface area contributed by atoms with Crippen LogP contribution in [0.1, 0.15) is 39.5 Å². The van der Waals surface area contributed by atoms with Gasteiger partial charge in [0.1, 0.15) is 0 Å². The monoisotopic (exact) mass is 214 g/mol. The molecular formula is C10H22N4O. The first kappa shape index (κ1) is 13.7. The zero-order chi connectivity index (χ0) is 11.5. The first-order valence-electron chi connectivity index (χ1n) is 5.58. The third-order valence-electron chi connectivity index (χ3n) is 1.89. The van der Waals surface area contributed by atoms with Crippen LogP contribution in [0.2, 0.25) is 0 Å². The van der Waals surface area contributed by atoms with Crippen LogP contribution >= 0.6 is 0 Å². The molecule has 0 aromatic heterocycles. The van der Waals surface area contributed by atoms with Crippen molar-refractivity contribution in [3.8, 4) is 0 Å². The van der Waals surface area contributed by atoms with E-state index in [1.165, 1.54) is 0 Å². The summed E-state index contributed by atoms with van der Waals surface area (Å²) in [5.41, 5.74) is 0. The van der Waals surface area contributed by atoms with Crippen molar-refractivity contribution in [2.24, 2.45) is 0 Å². The number of rotatable bonds is 6. The molecule has 4 N–H and O–H groups in total. The predicted octanol–water partition coefficient (Wildman–Crippen LogP) is 1.41. The second kappa shape index (κ2) is 9.30. The molecule has 0 radical (unpaired) electrons. The van der Waals surface area contributed by atoms with Crippen molar-refractivity contribution >= 4 is 12.0 Å². The Morgan fingerprint density at radius 3 is 2.13 bits per heavy atom. The van der Waals surface area contributed by atoms with Gasteiger partial charge in [-0.2, -0.15) is 0 Å². The van der Waals surface area contributed by atoms with Crippen LogP contribution in [0, 0.1) is 5.41 Å². The molecule has 88 valence electrons. The highest BCUT2D eigenvalue weighted by Crippen LogP contribution is 1.83. The van der Waals surface area contributed by atoms with Gasteiger partial charge in [-0.05, 0) is 12.8 Å². The fourth-order valence-corrected chi connectivity index (χ4v) is 0.971. The van der Waals surface area contributed by atoms with E-state index in [0.29, 0.717) is 6.54 Å². The lowest BCUT2D eigenvalue weighted by molar-refractivity contribution is 0.245. The number of guanidine groups is 1. The second-order valence-corrected chi connectivity index (χ2v) is 3.39. The molecule has 0 atom stereocenters. The molecule has 2 amide bonds. The Morgan fingerprint density at radius 2 is 1.60 bits per heavy atom. The molecule has 5 heteroatoms. The van der Waals surface area contributed by atoms with Crippen molar-refractivity contribution in [2.45, 2.75) is 39.5 Å². The summed E-state index contributed by atoms with van der Waals surface area (Å²) in [6.45, 7) is 5.53. The van der Waals surface area contributed by atoms with Crippen molar-refractivity contribution < 1.29 is 4.79 Å². The molecule has 0 aromatic carbocycles. The number of carbonyl (C=O) groups excluding carboxylic acids is 1. The maximum absolute atomic E-state index is 11.2. The van der Waals surface area contributed by atoms with E-state index < -0.39 is 0 Å². The van der Waals surface area contributed by atoms with E-state index in [4.69, 9.17) is 5.41 Å². The van der Waals surface area contributed by atoms with Gasteiger partial charge in [-0.3, -0.25) is 10.7 Å². The molecule has 0 fully saturated rings. The van der Waals surface area contributed by atoms with Crippen LogP contribution in [0.4, 0.5) is 4.79 Å². The summed E-state index contributed by atoms with van der Waals surface area (Å²) in [5, 5.41) is 15.3. The number of nitrogens with one attached hydrogen (secondary N) is 4. The van der Waals surface area contributed by atoms with Gasteiger partial charge in [0.15, 0.2) is 5.96 Å². The average Bonchev–Trinajstić information content (AvgIpc) is 2.18. The predicted molar refractivity (Wildman–Crippen MR) is 62.1 cm³/mol. The van der Waals surface area contributed by atoms with Crippen LogP contribution in [0.25, 0.3) is 0 Å².